The number of ether oxygens (including phenoxy) is 2. The molecule has 0 bridgehead atoms. The molecule has 5 nitrogen and oxygen atoms in total. The zero-order chi connectivity index (χ0) is 17.6. The number of carbonyl (C=O) groups excluding carboxylic acids is 1. The first-order chi connectivity index (χ1) is 12.2. The van der Waals surface area contributed by atoms with Crippen molar-refractivity contribution in [2.75, 3.05) is 6.61 Å². The molecule has 3 rings (SSSR count). The summed E-state index contributed by atoms with van der Waals surface area (Å²) in [6, 6.07) is 15.5. The number of hydrogen-bond donors (Lipinski definition) is 0. The predicted molar refractivity (Wildman–Crippen MR) is 95.6 cm³/mol. The fourth-order valence-corrected chi connectivity index (χ4v) is 2.42. The number of benzene rings is 2. The average Bonchev–Trinajstić information content (AvgIpc) is 2.95. The van der Waals surface area contributed by atoms with Gasteiger partial charge in [-0.15, -0.1) is 0 Å². The van der Waals surface area contributed by atoms with Gasteiger partial charge in [0.1, 0.15) is 18.1 Å². The Balaban J connectivity index is 1.82. The molecule has 0 unspecified atom stereocenters. The lowest BCUT2D eigenvalue weighted by Gasteiger charge is -2.11. The zero-order valence-electron chi connectivity index (χ0n) is 14.2. The van der Waals surface area contributed by atoms with E-state index in [4.69, 9.17) is 9.47 Å². The normalized spacial score (nSPS) is 15.0. The summed E-state index contributed by atoms with van der Waals surface area (Å²) in [6.45, 7) is 4.63. The van der Waals surface area contributed by atoms with Crippen molar-refractivity contribution in [1.82, 2.24) is 0 Å². The maximum atomic E-state index is 11.7. The number of rotatable bonds is 6. The first kappa shape index (κ1) is 16.8. The monoisotopic (exact) mass is 337 g/mol. The van der Waals surface area contributed by atoms with Gasteiger partial charge in [-0.1, -0.05) is 35.5 Å². The molecule has 25 heavy (non-hydrogen) atoms. The van der Waals surface area contributed by atoms with Crippen LogP contribution >= 0.6 is 0 Å². The molecule has 0 atom stereocenters. The van der Waals surface area contributed by atoms with Gasteiger partial charge >= 0.3 is 5.97 Å². The van der Waals surface area contributed by atoms with Crippen molar-refractivity contribution < 1.29 is 19.1 Å². The maximum absolute atomic E-state index is 11.7. The van der Waals surface area contributed by atoms with E-state index in [1.54, 1.807) is 13.0 Å². The third-order valence-corrected chi connectivity index (χ3v) is 3.71. The standard InChI is InChI=1S/C20H19NO4/c1-3-23-19-12-17(24-13-15-7-5-4-6-8-15)10-9-16(19)11-18-14(2)21-25-20(18)22/h4-12H,3,13H2,1-2H3. The van der Waals surface area contributed by atoms with Crippen LogP contribution in [0.4, 0.5) is 0 Å². The van der Waals surface area contributed by atoms with Crippen LogP contribution in [0, 0.1) is 0 Å². The first-order valence-electron chi connectivity index (χ1n) is 8.09. The van der Waals surface area contributed by atoms with E-state index < -0.39 is 5.97 Å². The summed E-state index contributed by atoms with van der Waals surface area (Å²) >= 11 is 0. The Labute approximate surface area is 146 Å². The molecule has 0 aromatic heterocycles. The number of oxime groups is 1. The quantitative estimate of drug-likeness (QED) is 0.591. The van der Waals surface area contributed by atoms with Gasteiger partial charge in [0, 0.05) is 11.6 Å². The van der Waals surface area contributed by atoms with Crippen LogP contribution in [-0.2, 0) is 16.2 Å². The van der Waals surface area contributed by atoms with Gasteiger partial charge in [-0.3, -0.25) is 0 Å². The van der Waals surface area contributed by atoms with Crippen LogP contribution < -0.4 is 9.47 Å². The van der Waals surface area contributed by atoms with Crippen LogP contribution in [-0.4, -0.2) is 18.3 Å². The molecule has 1 heterocycles. The summed E-state index contributed by atoms with van der Waals surface area (Å²) in [6.07, 6.45) is 1.72. The highest BCUT2D eigenvalue weighted by Gasteiger charge is 2.22. The molecule has 0 fully saturated rings. The van der Waals surface area contributed by atoms with Crippen LogP contribution in [0.5, 0.6) is 11.5 Å². The van der Waals surface area contributed by atoms with E-state index in [1.165, 1.54) is 0 Å². The highest BCUT2D eigenvalue weighted by Crippen LogP contribution is 2.28. The number of hydrogen-bond acceptors (Lipinski definition) is 5. The second kappa shape index (κ2) is 7.66. The third kappa shape index (κ3) is 4.07. The van der Waals surface area contributed by atoms with Crippen LogP contribution in [0.1, 0.15) is 25.0 Å². The molecule has 0 N–H and O–H groups in total. The average molecular weight is 337 g/mol. The van der Waals surface area contributed by atoms with E-state index in [0.717, 1.165) is 11.1 Å². The maximum Gasteiger partial charge on any atom is 0.367 e. The van der Waals surface area contributed by atoms with E-state index in [1.807, 2.05) is 55.5 Å². The summed E-state index contributed by atoms with van der Waals surface area (Å²) in [5.74, 6) is 0.895. The minimum Gasteiger partial charge on any atom is -0.493 e. The van der Waals surface area contributed by atoms with Crippen LogP contribution in [0.3, 0.4) is 0 Å². The van der Waals surface area contributed by atoms with E-state index in [-0.39, 0.29) is 0 Å². The lowest BCUT2D eigenvalue weighted by Crippen LogP contribution is -2.03. The summed E-state index contributed by atoms with van der Waals surface area (Å²) in [4.78, 5) is 16.4. The zero-order valence-corrected chi connectivity index (χ0v) is 14.2. The Hall–Kier alpha value is -3.08. The highest BCUT2D eigenvalue weighted by atomic mass is 16.7. The minimum absolute atomic E-state index is 0.430. The van der Waals surface area contributed by atoms with Crippen LogP contribution in [0.25, 0.3) is 6.08 Å². The van der Waals surface area contributed by atoms with Gasteiger partial charge in [0.25, 0.3) is 0 Å². The second-order valence-electron chi connectivity index (χ2n) is 5.52. The van der Waals surface area contributed by atoms with Crippen molar-refractivity contribution in [3.63, 3.8) is 0 Å². The van der Waals surface area contributed by atoms with Crippen LogP contribution in [0.15, 0.2) is 59.3 Å². The Bertz CT molecular complexity index is 825. The van der Waals surface area contributed by atoms with Gasteiger partial charge in [-0.25, -0.2) is 4.79 Å². The predicted octanol–water partition coefficient (Wildman–Crippen LogP) is 3.98. The summed E-state index contributed by atoms with van der Waals surface area (Å²) in [5, 5.41) is 3.68. The molecule has 0 radical (unpaired) electrons. The van der Waals surface area contributed by atoms with Gasteiger partial charge in [0.2, 0.25) is 0 Å². The third-order valence-electron chi connectivity index (χ3n) is 3.71. The van der Waals surface area contributed by atoms with Gasteiger partial charge in [-0.2, -0.15) is 0 Å². The van der Waals surface area contributed by atoms with E-state index in [9.17, 15) is 4.79 Å². The molecule has 1 aliphatic heterocycles. The molecule has 2 aromatic rings. The SMILES string of the molecule is CCOc1cc(OCc2ccccc2)ccc1C=C1C(=O)ON=C1C. The van der Waals surface area contributed by atoms with Crippen molar-refractivity contribution in [2.24, 2.45) is 5.16 Å². The highest BCUT2D eigenvalue weighted by molar-refractivity contribution is 6.24. The summed E-state index contributed by atoms with van der Waals surface area (Å²) < 4.78 is 11.5. The van der Waals surface area contributed by atoms with Crippen LogP contribution in [0.2, 0.25) is 0 Å². The lowest BCUT2D eigenvalue weighted by atomic mass is 10.1. The Kier molecular flexibility index (Phi) is 5.14. The fourth-order valence-electron chi connectivity index (χ4n) is 2.42. The van der Waals surface area contributed by atoms with Crippen molar-refractivity contribution in [3.05, 3.63) is 65.2 Å². The van der Waals surface area contributed by atoms with Gasteiger partial charge < -0.3 is 14.3 Å². The molecule has 0 aliphatic carbocycles. The molecule has 2 aromatic carbocycles. The first-order valence-corrected chi connectivity index (χ1v) is 8.09. The van der Waals surface area contributed by atoms with Crippen molar-refractivity contribution in [3.8, 4) is 11.5 Å². The van der Waals surface area contributed by atoms with Crippen molar-refractivity contribution >= 4 is 17.8 Å². The largest absolute Gasteiger partial charge is 0.493 e. The molecule has 1 aliphatic rings. The fraction of sp³-hybridized carbons (Fsp3) is 0.200. The topological polar surface area (TPSA) is 57.1 Å². The van der Waals surface area contributed by atoms with E-state index in [2.05, 4.69) is 9.99 Å². The number of nitrogens with zero attached hydrogens (tertiary/aromatic N) is 1. The van der Waals surface area contributed by atoms with Gasteiger partial charge in [0.05, 0.1) is 17.9 Å². The molecular weight excluding hydrogens is 318 g/mol. The van der Waals surface area contributed by atoms with E-state index in [0.29, 0.717) is 36.0 Å². The smallest absolute Gasteiger partial charge is 0.367 e. The Morgan fingerprint density at radius 3 is 2.60 bits per heavy atom. The Morgan fingerprint density at radius 2 is 1.92 bits per heavy atom. The minimum atomic E-state index is -0.454. The molecule has 0 saturated carbocycles. The molecule has 5 heteroatoms. The summed E-state index contributed by atoms with van der Waals surface area (Å²) in [7, 11) is 0. The summed E-state index contributed by atoms with van der Waals surface area (Å²) in [5.41, 5.74) is 2.85. The van der Waals surface area contributed by atoms with Crippen molar-refractivity contribution in [2.45, 2.75) is 20.5 Å². The second-order valence-corrected chi connectivity index (χ2v) is 5.52. The van der Waals surface area contributed by atoms with Gasteiger partial charge in [-0.05, 0) is 37.6 Å². The van der Waals surface area contributed by atoms with Gasteiger partial charge in [0.15, 0.2) is 0 Å². The molecule has 128 valence electrons. The van der Waals surface area contributed by atoms with E-state index >= 15 is 0 Å². The Morgan fingerprint density at radius 1 is 1.12 bits per heavy atom. The number of carbonyl (C=O) groups is 1. The van der Waals surface area contributed by atoms with Crippen molar-refractivity contribution in [1.29, 1.82) is 0 Å². The molecule has 0 saturated heterocycles. The molecular formula is C20H19NO4. The molecule has 0 spiro atoms. The lowest BCUT2D eigenvalue weighted by molar-refractivity contribution is -0.136. The molecule has 0 amide bonds.